The van der Waals surface area contributed by atoms with Crippen molar-refractivity contribution in [3.8, 4) is 17.1 Å². The molecule has 0 unspecified atom stereocenters. The second-order valence-electron chi connectivity index (χ2n) is 6.52. The third-order valence-electron chi connectivity index (χ3n) is 4.94. The van der Waals surface area contributed by atoms with Gasteiger partial charge in [-0.3, -0.25) is 4.98 Å². The summed E-state index contributed by atoms with van der Waals surface area (Å²) < 4.78 is 41.7. The maximum atomic E-state index is 14.8. The summed E-state index contributed by atoms with van der Waals surface area (Å²) in [5.41, 5.74) is 0.958. The molecule has 1 fully saturated rings. The lowest BCUT2D eigenvalue weighted by molar-refractivity contribution is 0.181. The molecule has 0 bridgehead atoms. The van der Waals surface area contributed by atoms with Crippen molar-refractivity contribution in [2.24, 2.45) is 5.92 Å². The topological polar surface area (TPSA) is 49.2 Å². The lowest BCUT2D eigenvalue weighted by Gasteiger charge is -2.22. The largest absolute Gasteiger partial charge is 0.494 e. The first kappa shape index (κ1) is 17.6. The van der Waals surface area contributed by atoms with Gasteiger partial charge in [-0.25, -0.2) is 13.8 Å². The lowest BCUT2D eigenvalue weighted by Crippen LogP contribution is -2.20. The number of nitrogens with zero attached hydrogens (tertiary/aromatic N) is 3. The zero-order valence-corrected chi connectivity index (χ0v) is 14.8. The van der Waals surface area contributed by atoms with E-state index in [0.717, 1.165) is 12.0 Å². The molecule has 0 radical (unpaired) electrons. The van der Waals surface area contributed by atoms with Gasteiger partial charge in [0.15, 0.2) is 11.6 Å². The highest BCUT2D eigenvalue weighted by molar-refractivity contribution is 5.60. The van der Waals surface area contributed by atoms with Crippen molar-refractivity contribution >= 4 is 0 Å². The monoisotopic (exact) mass is 371 g/mol. The molecule has 2 atom stereocenters. The van der Waals surface area contributed by atoms with Crippen LogP contribution in [-0.4, -0.2) is 34.9 Å². The number of pyridine rings is 1. The summed E-state index contributed by atoms with van der Waals surface area (Å²) in [5.74, 6) is -1.05. The number of hydrogen-bond acceptors (Lipinski definition) is 4. The minimum atomic E-state index is -0.755. The average molecular weight is 371 g/mol. The van der Waals surface area contributed by atoms with E-state index in [0.29, 0.717) is 13.2 Å². The molecule has 1 aliphatic rings. The average Bonchev–Trinajstić information content (AvgIpc) is 3.32. The Bertz CT molecular complexity index is 930. The smallest absolute Gasteiger partial charge is 0.178 e. The third kappa shape index (κ3) is 3.30. The van der Waals surface area contributed by atoms with E-state index in [2.05, 4.69) is 9.97 Å². The summed E-state index contributed by atoms with van der Waals surface area (Å²) in [5, 5.41) is 0. The van der Waals surface area contributed by atoms with Crippen LogP contribution < -0.4 is 4.74 Å². The fourth-order valence-corrected chi connectivity index (χ4v) is 3.58. The zero-order valence-electron chi connectivity index (χ0n) is 14.8. The Kier molecular flexibility index (Phi) is 4.85. The molecule has 140 valence electrons. The Morgan fingerprint density at radius 1 is 1.15 bits per heavy atom. The van der Waals surface area contributed by atoms with Crippen molar-refractivity contribution in [2.75, 3.05) is 20.3 Å². The van der Waals surface area contributed by atoms with Gasteiger partial charge in [-0.05, 0) is 36.2 Å². The van der Waals surface area contributed by atoms with Crippen molar-refractivity contribution in [1.29, 1.82) is 0 Å². The van der Waals surface area contributed by atoms with Crippen molar-refractivity contribution in [2.45, 2.75) is 12.5 Å². The second-order valence-corrected chi connectivity index (χ2v) is 6.52. The number of halogens is 2. The molecule has 1 aromatic carbocycles. The molecule has 4 rings (SSSR count). The van der Waals surface area contributed by atoms with Gasteiger partial charge >= 0.3 is 0 Å². The number of aromatic nitrogens is 3. The summed E-state index contributed by atoms with van der Waals surface area (Å²) >= 11 is 0. The van der Waals surface area contributed by atoms with E-state index in [1.54, 1.807) is 29.4 Å². The van der Waals surface area contributed by atoms with E-state index < -0.39 is 11.6 Å². The van der Waals surface area contributed by atoms with Crippen LogP contribution in [-0.2, 0) is 11.2 Å². The van der Waals surface area contributed by atoms with Gasteiger partial charge in [-0.1, -0.05) is 0 Å². The lowest BCUT2D eigenvalue weighted by atomic mass is 9.95. The van der Waals surface area contributed by atoms with E-state index >= 15 is 0 Å². The molecule has 0 aliphatic carbocycles. The summed E-state index contributed by atoms with van der Waals surface area (Å²) in [6, 6.07) is 6.32. The molecule has 1 aliphatic heterocycles. The molecule has 0 saturated carbocycles. The predicted molar refractivity (Wildman–Crippen MR) is 95.4 cm³/mol. The molecule has 27 heavy (non-hydrogen) atoms. The molecule has 3 heterocycles. The third-order valence-corrected chi connectivity index (χ3v) is 4.94. The highest BCUT2D eigenvalue weighted by Gasteiger charge is 2.32. The summed E-state index contributed by atoms with van der Waals surface area (Å²) in [6.07, 6.45) is 7.59. The number of imidazole rings is 1. The standard InChI is InChI=1S/C20H19F2N3O2/c1-26-17-3-2-15(21)18(19(17)22)20-24-8-9-25(20)16-12-27-11-14(16)10-13-4-6-23-7-5-13/h2-9,14,16H,10-12H2,1H3/t14-,16-/m1/s1. The Balaban J connectivity index is 1.70. The van der Waals surface area contributed by atoms with Gasteiger partial charge in [0, 0.05) is 30.7 Å². The minimum Gasteiger partial charge on any atom is -0.494 e. The molecule has 0 spiro atoms. The van der Waals surface area contributed by atoms with Crippen LogP contribution >= 0.6 is 0 Å². The molecule has 0 amide bonds. The summed E-state index contributed by atoms with van der Waals surface area (Å²) in [7, 11) is 1.35. The number of ether oxygens (including phenoxy) is 2. The van der Waals surface area contributed by atoms with Crippen LogP contribution in [0.1, 0.15) is 11.6 Å². The van der Waals surface area contributed by atoms with Gasteiger partial charge in [0.25, 0.3) is 0 Å². The molecular weight excluding hydrogens is 352 g/mol. The Morgan fingerprint density at radius 3 is 2.74 bits per heavy atom. The van der Waals surface area contributed by atoms with Gasteiger partial charge in [0.2, 0.25) is 0 Å². The van der Waals surface area contributed by atoms with Crippen LogP contribution in [0.25, 0.3) is 11.4 Å². The molecule has 7 heteroatoms. The van der Waals surface area contributed by atoms with Crippen molar-refractivity contribution in [1.82, 2.24) is 14.5 Å². The molecule has 2 aromatic heterocycles. The van der Waals surface area contributed by atoms with E-state index in [9.17, 15) is 8.78 Å². The summed E-state index contributed by atoms with van der Waals surface area (Å²) in [4.78, 5) is 8.27. The Labute approximate surface area is 155 Å². The van der Waals surface area contributed by atoms with Gasteiger partial charge in [0.1, 0.15) is 11.6 Å². The Hall–Kier alpha value is -2.80. The predicted octanol–water partition coefficient (Wildman–Crippen LogP) is 3.66. The molecule has 3 aromatic rings. The van der Waals surface area contributed by atoms with Crippen molar-refractivity contribution < 1.29 is 18.3 Å². The SMILES string of the molecule is COc1ccc(F)c(-c2nccn2[C@@H]2COC[C@H]2Cc2ccncc2)c1F. The van der Waals surface area contributed by atoms with Crippen LogP contribution in [0.5, 0.6) is 5.75 Å². The van der Waals surface area contributed by atoms with Gasteiger partial charge in [0.05, 0.1) is 31.9 Å². The van der Waals surface area contributed by atoms with E-state index in [1.807, 2.05) is 12.1 Å². The zero-order chi connectivity index (χ0) is 18.8. The molecule has 0 N–H and O–H groups in total. The normalized spacial score (nSPS) is 19.4. The fraction of sp³-hybridized carbons (Fsp3) is 0.300. The first-order valence-corrected chi connectivity index (χ1v) is 8.71. The Morgan fingerprint density at radius 2 is 1.96 bits per heavy atom. The van der Waals surface area contributed by atoms with Crippen LogP contribution in [0.2, 0.25) is 0 Å². The number of hydrogen-bond donors (Lipinski definition) is 0. The first-order valence-electron chi connectivity index (χ1n) is 8.71. The summed E-state index contributed by atoms with van der Waals surface area (Å²) in [6.45, 7) is 1.04. The van der Waals surface area contributed by atoms with E-state index in [4.69, 9.17) is 9.47 Å². The molecule has 1 saturated heterocycles. The maximum absolute atomic E-state index is 14.8. The number of rotatable bonds is 5. The van der Waals surface area contributed by atoms with Crippen LogP contribution in [0.4, 0.5) is 8.78 Å². The van der Waals surface area contributed by atoms with E-state index in [1.165, 1.54) is 19.2 Å². The van der Waals surface area contributed by atoms with Crippen molar-refractivity contribution in [3.63, 3.8) is 0 Å². The van der Waals surface area contributed by atoms with Gasteiger partial charge in [-0.15, -0.1) is 0 Å². The van der Waals surface area contributed by atoms with Gasteiger partial charge < -0.3 is 14.0 Å². The first-order chi connectivity index (χ1) is 13.2. The van der Waals surface area contributed by atoms with Gasteiger partial charge in [-0.2, -0.15) is 0 Å². The highest BCUT2D eigenvalue weighted by atomic mass is 19.1. The minimum absolute atomic E-state index is 0.0167. The molecule has 5 nitrogen and oxygen atoms in total. The van der Waals surface area contributed by atoms with Crippen molar-refractivity contribution in [3.05, 3.63) is 66.3 Å². The fourth-order valence-electron chi connectivity index (χ4n) is 3.58. The van der Waals surface area contributed by atoms with Crippen LogP contribution in [0.3, 0.4) is 0 Å². The van der Waals surface area contributed by atoms with Crippen LogP contribution in [0.15, 0.2) is 49.1 Å². The maximum Gasteiger partial charge on any atom is 0.178 e. The second kappa shape index (κ2) is 7.44. The van der Waals surface area contributed by atoms with E-state index in [-0.39, 0.29) is 29.1 Å². The highest BCUT2D eigenvalue weighted by Crippen LogP contribution is 2.36. The van der Waals surface area contributed by atoms with Crippen LogP contribution in [0, 0.1) is 17.6 Å². The molecular formula is C20H19F2N3O2. The number of benzene rings is 1. The number of methoxy groups -OCH3 is 1. The quantitative estimate of drug-likeness (QED) is 0.687.